The fourth-order valence-electron chi connectivity index (χ4n) is 1.58. The van der Waals surface area contributed by atoms with Crippen LogP contribution in [0.2, 0.25) is 0 Å². The van der Waals surface area contributed by atoms with Gasteiger partial charge < -0.3 is 4.74 Å². The van der Waals surface area contributed by atoms with Crippen LogP contribution in [-0.2, 0) is 16.0 Å². The van der Waals surface area contributed by atoms with E-state index in [2.05, 4.69) is 20.2 Å². The lowest BCUT2D eigenvalue weighted by atomic mass is 10.2. The number of esters is 1. The van der Waals surface area contributed by atoms with Gasteiger partial charge in [-0.3, -0.25) is 20.3 Å². The number of aromatic nitrogens is 1. The van der Waals surface area contributed by atoms with Crippen LogP contribution < -0.4 is 5.43 Å². The SMILES string of the molecule is COC(=O)Cc1csc(N/N=C\c2ccccc2[N+](=O)[O-])n1. The lowest BCUT2D eigenvalue weighted by molar-refractivity contribution is -0.385. The molecule has 8 nitrogen and oxygen atoms in total. The molecular weight excluding hydrogens is 308 g/mol. The molecule has 0 aliphatic rings. The molecule has 0 bridgehead atoms. The van der Waals surface area contributed by atoms with Gasteiger partial charge in [0.25, 0.3) is 5.69 Å². The standard InChI is InChI=1S/C13H12N4O4S/c1-21-12(18)6-10-8-22-13(15-10)16-14-7-9-4-2-3-5-11(9)17(19)20/h2-5,7-8H,6H2,1H3,(H,15,16)/b14-7-. The first kappa shape index (κ1) is 15.6. The summed E-state index contributed by atoms with van der Waals surface area (Å²) in [7, 11) is 1.31. The van der Waals surface area contributed by atoms with Crippen LogP contribution in [0.3, 0.4) is 0 Å². The molecule has 1 heterocycles. The molecule has 0 spiro atoms. The van der Waals surface area contributed by atoms with E-state index in [0.717, 1.165) is 0 Å². The number of ether oxygens (including phenoxy) is 1. The number of nitro benzene ring substituents is 1. The van der Waals surface area contributed by atoms with Gasteiger partial charge >= 0.3 is 5.97 Å². The van der Waals surface area contributed by atoms with Crippen molar-refractivity contribution < 1.29 is 14.5 Å². The molecule has 1 aromatic carbocycles. The number of hydrazone groups is 1. The Morgan fingerprint density at radius 1 is 1.55 bits per heavy atom. The number of methoxy groups -OCH3 is 1. The number of carbonyl (C=O) groups is 1. The van der Waals surface area contributed by atoms with Gasteiger partial charge in [0.15, 0.2) is 0 Å². The van der Waals surface area contributed by atoms with Gasteiger partial charge in [0.2, 0.25) is 5.13 Å². The van der Waals surface area contributed by atoms with Crippen molar-refractivity contribution in [1.29, 1.82) is 0 Å². The third-order valence-electron chi connectivity index (χ3n) is 2.60. The number of rotatable bonds is 6. The number of thiazole rings is 1. The molecular formula is C13H12N4O4S. The minimum absolute atomic E-state index is 0.0291. The number of nitrogens with zero attached hydrogens (tertiary/aromatic N) is 3. The molecule has 0 radical (unpaired) electrons. The van der Waals surface area contributed by atoms with Crippen molar-refractivity contribution >= 4 is 34.3 Å². The van der Waals surface area contributed by atoms with Crippen LogP contribution >= 0.6 is 11.3 Å². The molecule has 1 N–H and O–H groups in total. The molecule has 22 heavy (non-hydrogen) atoms. The number of para-hydroxylation sites is 1. The smallest absolute Gasteiger partial charge is 0.311 e. The second-order valence-corrected chi connectivity index (χ2v) is 4.94. The fourth-order valence-corrected chi connectivity index (χ4v) is 2.24. The molecule has 2 rings (SSSR count). The summed E-state index contributed by atoms with van der Waals surface area (Å²) in [6.45, 7) is 0. The summed E-state index contributed by atoms with van der Waals surface area (Å²) < 4.78 is 4.55. The number of benzene rings is 1. The Hall–Kier alpha value is -2.81. The highest BCUT2D eigenvalue weighted by Gasteiger charge is 2.10. The molecule has 0 aliphatic heterocycles. The van der Waals surface area contributed by atoms with E-state index in [4.69, 9.17) is 0 Å². The van der Waals surface area contributed by atoms with Crippen LogP contribution in [0.1, 0.15) is 11.3 Å². The van der Waals surface area contributed by atoms with Gasteiger partial charge in [-0.1, -0.05) is 12.1 Å². The van der Waals surface area contributed by atoms with Gasteiger partial charge in [-0.05, 0) is 6.07 Å². The highest BCUT2D eigenvalue weighted by Crippen LogP contribution is 2.17. The summed E-state index contributed by atoms with van der Waals surface area (Å²) in [6.07, 6.45) is 1.43. The predicted octanol–water partition coefficient (Wildman–Crippen LogP) is 2.21. The molecule has 0 fully saturated rings. The largest absolute Gasteiger partial charge is 0.469 e. The molecule has 0 saturated heterocycles. The van der Waals surface area contributed by atoms with Crippen molar-refractivity contribution in [3.05, 3.63) is 51.0 Å². The third kappa shape index (κ3) is 4.09. The number of nitrogens with one attached hydrogen (secondary N) is 1. The van der Waals surface area contributed by atoms with E-state index in [1.54, 1.807) is 23.6 Å². The van der Waals surface area contributed by atoms with Crippen molar-refractivity contribution in [2.24, 2.45) is 5.10 Å². The van der Waals surface area contributed by atoms with Crippen molar-refractivity contribution in [2.75, 3.05) is 12.5 Å². The molecule has 2 aromatic rings. The van der Waals surface area contributed by atoms with Crippen LogP contribution in [0.15, 0.2) is 34.7 Å². The summed E-state index contributed by atoms with van der Waals surface area (Å²) >= 11 is 1.27. The number of carbonyl (C=O) groups excluding carboxylic acids is 1. The van der Waals surface area contributed by atoms with Crippen molar-refractivity contribution in [3.8, 4) is 0 Å². The number of hydrogen-bond acceptors (Lipinski definition) is 8. The third-order valence-corrected chi connectivity index (χ3v) is 3.40. The fraction of sp³-hybridized carbons (Fsp3) is 0.154. The van der Waals surface area contributed by atoms with Crippen molar-refractivity contribution in [1.82, 2.24) is 4.98 Å². The average molecular weight is 320 g/mol. The molecule has 0 aliphatic carbocycles. The Labute approximate surface area is 129 Å². The monoisotopic (exact) mass is 320 g/mol. The molecule has 0 saturated carbocycles. The Kier molecular flexibility index (Phi) is 5.15. The number of hydrogen-bond donors (Lipinski definition) is 1. The Morgan fingerprint density at radius 2 is 2.32 bits per heavy atom. The van der Waals surface area contributed by atoms with Gasteiger partial charge in [0, 0.05) is 11.4 Å². The molecule has 1 aromatic heterocycles. The topological polar surface area (TPSA) is 107 Å². The number of nitro groups is 1. The van der Waals surface area contributed by atoms with E-state index >= 15 is 0 Å². The van der Waals surface area contributed by atoms with Crippen LogP contribution in [0.4, 0.5) is 10.8 Å². The predicted molar refractivity (Wildman–Crippen MR) is 82.1 cm³/mol. The minimum Gasteiger partial charge on any atom is -0.469 e. The van der Waals surface area contributed by atoms with E-state index in [0.29, 0.717) is 16.4 Å². The normalized spacial score (nSPS) is 10.6. The molecule has 0 amide bonds. The molecule has 0 atom stereocenters. The summed E-state index contributed by atoms with van der Waals surface area (Å²) in [5.74, 6) is -0.375. The van der Waals surface area contributed by atoms with Crippen molar-refractivity contribution in [2.45, 2.75) is 6.42 Å². The molecule has 9 heteroatoms. The Balaban J connectivity index is 2.01. The summed E-state index contributed by atoms with van der Waals surface area (Å²) in [5, 5.41) is 17.0. The second-order valence-electron chi connectivity index (χ2n) is 4.08. The van der Waals surface area contributed by atoms with E-state index in [9.17, 15) is 14.9 Å². The summed E-state index contributed by atoms with van der Waals surface area (Å²) in [5.41, 5.74) is 3.59. The van der Waals surface area contributed by atoms with Crippen LogP contribution in [0.25, 0.3) is 0 Å². The maximum absolute atomic E-state index is 11.1. The van der Waals surface area contributed by atoms with Gasteiger partial charge in [-0.15, -0.1) is 11.3 Å². The second kappa shape index (κ2) is 7.27. The van der Waals surface area contributed by atoms with Crippen LogP contribution in [0, 0.1) is 10.1 Å². The lowest BCUT2D eigenvalue weighted by Gasteiger charge is -1.97. The van der Waals surface area contributed by atoms with Crippen LogP contribution in [0.5, 0.6) is 0 Å². The van der Waals surface area contributed by atoms with Gasteiger partial charge in [0.1, 0.15) is 0 Å². The quantitative estimate of drug-likeness (QED) is 0.378. The summed E-state index contributed by atoms with van der Waals surface area (Å²) in [4.78, 5) is 25.7. The van der Waals surface area contributed by atoms with E-state index in [1.165, 1.54) is 30.7 Å². The maximum atomic E-state index is 11.1. The van der Waals surface area contributed by atoms with Gasteiger partial charge in [-0.2, -0.15) is 5.10 Å². The van der Waals surface area contributed by atoms with E-state index < -0.39 is 4.92 Å². The van der Waals surface area contributed by atoms with Crippen LogP contribution in [-0.4, -0.2) is 29.2 Å². The van der Waals surface area contributed by atoms with Crippen molar-refractivity contribution in [3.63, 3.8) is 0 Å². The van der Waals surface area contributed by atoms with E-state index in [1.807, 2.05) is 0 Å². The van der Waals surface area contributed by atoms with Gasteiger partial charge in [-0.25, -0.2) is 4.98 Å². The zero-order chi connectivity index (χ0) is 15.9. The van der Waals surface area contributed by atoms with Gasteiger partial charge in [0.05, 0.1) is 35.9 Å². The first-order valence-corrected chi connectivity index (χ1v) is 7.02. The van der Waals surface area contributed by atoms with E-state index in [-0.39, 0.29) is 18.1 Å². The highest BCUT2D eigenvalue weighted by atomic mass is 32.1. The number of anilines is 1. The minimum atomic E-state index is -0.473. The zero-order valence-corrected chi connectivity index (χ0v) is 12.4. The average Bonchev–Trinajstić information content (AvgIpc) is 2.95. The Bertz CT molecular complexity index is 714. The summed E-state index contributed by atoms with van der Waals surface area (Å²) in [6, 6.07) is 6.27. The lowest BCUT2D eigenvalue weighted by Crippen LogP contribution is -2.04. The highest BCUT2D eigenvalue weighted by molar-refractivity contribution is 7.13. The Morgan fingerprint density at radius 3 is 3.05 bits per heavy atom. The molecule has 114 valence electrons. The first-order valence-electron chi connectivity index (χ1n) is 6.14. The molecule has 0 unspecified atom stereocenters. The first-order chi connectivity index (χ1) is 10.6. The zero-order valence-electron chi connectivity index (χ0n) is 11.6. The maximum Gasteiger partial charge on any atom is 0.311 e.